The van der Waals surface area contributed by atoms with E-state index in [-0.39, 0.29) is 18.2 Å². The highest BCUT2D eigenvalue weighted by Crippen LogP contribution is 2.31. The first kappa shape index (κ1) is 13.3. The summed E-state index contributed by atoms with van der Waals surface area (Å²) in [7, 11) is 0. The molecule has 1 saturated heterocycles. The fourth-order valence-electron chi connectivity index (χ4n) is 2.35. The third-order valence-electron chi connectivity index (χ3n) is 3.49. The molecule has 0 aliphatic carbocycles. The maximum atomic E-state index is 12.0. The van der Waals surface area contributed by atoms with Gasteiger partial charge in [0, 0.05) is 11.6 Å². The molecule has 3 heteroatoms. The predicted octanol–water partition coefficient (Wildman–Crippen LogP) is 3.58. The zero-order valence-corrected chi connectivity index (χ0v) is 11.7. The first-order chi connectivity index (χ1) is 10.3. The van der Waals surface area contributed by atoms with Gasteiger partial charge in [-0.25, -0.2) is 9.69 Å². The Labute approximate surface area is 124 Å². The van der Waals surface area contributed by atoms with E-state index in [0.717, 1.165) is 11.1 Å². The van der Waals surface area contributed by atoms with Gasteiger partial charge in [-0.15, -0.1) is 0 Å². The van der Waals surface area contributed by atoms with Gasteiger partial charge in [-0.2, -0.15) is 0 Å². The van der Waals surface area contributed by atoms with Gasteiger partial charge in [0.1, 0.15) is 0 Å². The molecule has 1 heterocycles. The fraction of sp³-hybridized carbons (Fsp3) is 0.167. The summed E-state index contributed by atoms with van der Waals surface area (Å²) in [4.78, 5) is 13.5. The largest absolute Gasteiger partial charge is 0.438 e. The van der Waals surface area contributed by atoms with E-state index in [1.807, 2.05) is 67.6 Å². The topological polar surface area (TPSA) is 29.5 Å². The maximum Gasteiger partial charge on any atom is 0.422 e. The van der Waals surface area contributed by atoms with Crippen molar-refractivity contribution in [2.24, 2.45) is 0 Å². The standard InChI is InChI=1S/C18H15NO2/c1-14-17(16-10-6-3-7-11-16)21-18(20)19(14)13-12-15-8-4-2-5-9-15/h2-11,14,17H,1H3/t14-,17+/m0/s1. The number of carbonyl (C=O) groups is 1. The quantitative estimate of drug-likeness (QED) is 0.746. The van der Waals surface area contributed by atoms with Crippen LogP contribution in [-0.4, -0.2) is 17.0 Å². The molecule has 1 aliphatic rings. The van der Waals surface area contributed by atoms with E-state index in [4.69, 9.17) is 4.74 Å². The van der Waals surface area contributed by atoms with E-state index < -0.39 is 0 Å². The van der Waals surface area contributed by atoms with Crippen LogP contribution in [0, 0.1) is 12.0 Å². The molecule has 0 radical (unpaired) electrons. The molecule has 0 saturated carbocycles. The van der Waals surface area contributed by atoms with Gasteiger partial charge in [-0.05, 0) is 30.5 Å². The Bertz CT molecular complexity index is 685. The van der Waals surface area contributed by atoms with Crippen LogP contribution in [-0.2, 0) is 4.74 Å². The number of hydrogen-bond donors (Lipinski definition) is 0. The van der Waals surface area contributed by atoms with Crippen LogP contribution in [0.2, 0.25) is 0 Å². The number of benzene rings is 2. The first-order valence-electron chi connectivity index (χ1n) is 6.87. The third kappa shape index (κ3) is 2.75. The van der Waals surface area contributed by atoms with Gasteiger partial charge in [-0.3, -0.25) is 0 Å². The second-order valence-corrected chi connectivity index (χ2v) is 4.93. The van der Waals surface area contributed by atoms with Crippen LogP contribution in [0.15, 0.2) is 60.7 Å². The number of nitrogens with zero attached hydrogens (tertiary/aromatic N) is 1. The van der Waals surface area contributed by atoms with Crippen molar-refractivity contribution >= 4 is 6.09 Å². The molecule has 1 fully saturated rings. The fourth-order valence-corrected chi connectivity index (χ4v) is 2.35. The summed E-state index contributed by atoms with van der Waals surface area (Å²) in [6, 6.07) is 22.1. The van der Waals surface area contributed by atoms with Crippen molar-refractivity contribution in [1.29, 1.82) is 0 Å². The van der Waals surface area contributed by atoms with Crippen molar-refractivity contribution in [3.63, 3.8) is 0 Å². The molecule has 1 aliphatic heterocycles. The van der Waals surface area contributed by atoms with Gasteiger partial charge in [0.05, 0.1) is 6.04 Å². The summed E-state index contributed by atoms with van der Waals surface area (Å²) in [6.45, 7) is 1.95. The minimum Gasteiger partial charge on any atom is -0.438 e. The lowest BCUT2D eigenvalue weighted by molar-refractivity contribution is 0.132. The lowest BCUT2D eigenvalue weighted by Gasteiger charge is -2.15. The molecule has 0 aromatic heterocycles. The molecule has 0 unspecified atom stereocenters. The first-order valence-corrected chi connectivity index (χ1v) is 6.87. The molecule has 2 aromatic carbocycles. The summed E-state index contributed by atoms with van der Waals surface area (Å²) in [5, 5.41) is 0. The number of carbonyl (C=O) groups excluding carboxylic acids is 1. The molecule has 3 nitrogen and oxygen atoms in total. The second-order valence-electron chi connectivity index (χ2n) is 4.93. The minimum absolute atomic E-state index is 0.115. The van der Waals surface area contributed by atoms with Crippen molar-refractivity contribution in [2.45, 2.75) is 19.1 Å². The van der Waals surface area contributed by atoms with E-state index in [2.05, 4.69) is 12.0 Å². The van der Waals surface area contributed by atoms with Gasteiger partial charge in [0.15, 0.2) is 6.10 Å². The van der Waals surface area contributed by atoms with Crippen LogP contribution >= 0.6 is 0 Å². The highest BCUT2D eigenvalue weighted by Gasteiger charge is 2.39. The molecule has 3 rings (SSSR count). The lowest BCUT2D eigenvalue weighted by atomic mass is 10.0. The van der Waals surface area contributed by atoms with Gasteiger partial charge in [0.25, 0.3) is 0 Å². The van der Waals surface area contributed by atoms with Gasteiger partial charge < -0.3 is 4.74 Å². The van der Waals surface area contributed by atoms with E-state index in [1.165, 1.54) is 4.90 Å². The normalized spacial score (nSPS) is 20.6. The molecule has 0 spiro atoms. The molecular weight excluding hydrogens is 262 g/mol. The molecule has 2 aromatic rings. The number of rotatable bonds is 1. The summed E-state index contributed by atoms with van der Waals surface area (Å²) in [5.41, 5.74) is 1.86. The van der Waals surface area contributed by atoms with Crippen molar-refractivity contribution < 1.29 is 9.53 Å². The number of amides is 1. The highest BCUT2D eigenvalue weighted by atomic mass is 16.6. The SMILES string of the molecule is C[C@H]1[C@H](c2ccccc2)OC(=O)N1C#Cc1ccccc1. The Morgan fingerprint density at radius 1 is 1.00 bits per heavy atom. The number of ether oxygens (including phenoxy) is 1. The van der Waals surface area contributed by atoms with Gasteiger partial charge in [-0.1, -0.05) is 48.5 Å². The maximum absolute atomic E-state index is 12.0. The lowest BCUT2D eigenvalue weighted by Crippen LogP contribution is -2.27. The van der Waals surface area contributed by atoms with Crippen molar-refractivity contribution in [3.05, 3.63) is 71.8 Å². The zero-order chi connectivity index (χ0) is 14.7. The van der Waals surface area contributed by atoms with E-state index >= 15 is 0 Å². The number of cyclic esters (lactones) is 1. The van der Waals surface area contributed by atoms with Crippen LogP contribution in [0.3, 0.4) is 0 Å². The van der Waals surface area contributed by atoms with E-state index in [0.29, 0.717) is 0 Å². The van der Waals surface area contributed by atoms with Crippen molar-refractivity contribution in [1.82, 2.24) is 4.90 Å². The summed E-state index contributed by atoms with van der Waals surface area (Å²) >= 11 is 0. The summed E-state index contributed by atoms with van der Waals surface area (Å²) < 4.78 is 5.45. The minimum atomic E-state index is -0.389. The molecule has 21 heavy (non-hydrogen) atoms. The van der Waals surface area contributed by atoms with Crippen molar-refractivity contribution in [3.8, 4) is 12.0 Å². The Morgan fingerprint density at radius 2 is 1.62 bits per heavy atom. The monoisotopic (exact) mass is 277 g/mol. The Balaban J connectivity index is 1.82. The average Bonchev–Trinajstić information content (AvgIpc) is 2.82. The Hall–Kier alpha value is -2.73. The molecular formula is C18H15NO2. The predicted molar refractivity (Wildman–Crippen MR) is 80.3 cm³/mol. The third-order valence-corrected chi connectivity index (χ3v) is 3.49. The molecule has 0 bridgehead atoms. The van der Waals surface area contributed by atoms with E-state index in [9.17, 15) is 4.79 Å². The molecule has 1 amide bonds. The average molecular weight is 277 g/mol. The smallest absolute Gasteiger partial charge is 0.422 e. The molecule has 104 valence electrons. The van der Waals surface area contributed by atoms with Crippen molar-refractivity contribution in [2.75, 3.05) is 0 Å². The second kappa shape index (κ2) is 5.72. The highest BCUT2D eigenvalue weighted by molar-refractivity contribution is 5.73. The summed E-state index contributed by atoms with van der Waals surface area (Å²) in [6.07, 6.45) is -0.663. The summed E-state index contributed by atoms with van der Waals surface area (Å²) in [5.74, 6) is 2.99. The van der Waals surface area contributed by atoms with Crippen LogP contribution in [0.5, 0.6) is 0 Å². The van der Waals surface area contributed by atoms with Gasteiger partial charge >= 0.3 is 6.09 Å². The Morgan fingerprint density at radius 3 is 2.29 bits per heavy atom. The molecule has 2 atom stereocenters. The van der Waals surface area contributed by atoms with Crippen LogP contribution in [0.25, 0.3) is 0 Å². The zero-order valence-electron chi connectivity index (χ0n) is 11.7. The molecule has 0 N–H and O–H groups in total. The van der Waals surface area contributed by atoms with Gasteiger partial charge in [0.2, 0.25) is 0 Å². The number of hydrogen-bond acceptors (Lipinski definition) is 2. The van der Waals surface area contributed by atoms with Crippen LogP contribution in [0.1, 0.15) is 24.2 Å². The van der Waals surface area contributed by atoms with Crippen LogP contribution in [0.4, 0.5) is 4.79 Å². The van der Waals surface area contributed by atoms with Crippen LogP contribution < -0.4 is 0 Å². The Kier molecular flexibility index (Phi) is 3.61. The van der Waals surface area contributed by atoms with E-state index in [1.54, 1.807) is 0 Å².